The van der Waals surface area contributed by atoms with Crippen molar-refractivity contribution >= 4 is 11.3 Å². The van der Waals surface area contributed by atoms with Crippen LogP contribution in [0.3, 0.4) is 0 Å². The normalized spacial score (nSPS) is 10.4. The zero-order valence-electron chi connectivity index (χ0n) is 13.0. The van der Waals surface area contributed by atoms with Gasteiger partial charge in [0.2, 0.25) is 0 Å². The van der Waals surface area contributed by atoms with E-state index in [1.807, 2.05) is 18.5 Å². The number of aryl methyl sites for hydroxylation is 1. The lowest BCUT2D eigenvalue weighted by molar-refractivity contribution is 0.303. The summed E-state index contributed by atoms with van der Waals surface area (Å²) in [5.41, 5.74) is 10.9. The van der Waals surface area contributed by atoms with E-state index in [0.717, 1.165) is 48.3 Å². The third-order valence-corrected chi connectivity index (χ3v) is 4.50. The van der Waals surface area contributed by atoms with Crippen LogP contribution in [0, 0.1) is 19.3 Å². The maximum Gasteiger partial charge on any atom is 0.124 e. The summed E-state index contributed by atoms with van der Waals surface area (Å²) < 4.78 is 5.94. The second-order valence-electron chi connectivity index (χ2n) is 5.16. The van der Waals surface area contributed by atoms with Crippen LogP contribution in [0.15, 0.2) is 23.7 Å². The van der Waals surface area contributed by atoms with E-state index in [4.69, 9.17) is 16.9 Å². The van der Waals surface area contributed by atoms with Gasteiger partial charge in [-0.1, -0.05) is 12.1 Å². The fraction of sp³-hybridized carbons (Fsp3) is 0.389. The van der Waals surface area contributed by atoms with Crippen LogP contribution < -0.4 is 10.5 Å². The van der Waals surface area contributed by atoms with Crippen molar-refractivity contribution in [2.75, 3.05) is 6.61 Å². The summed E-state index contributed by atoms with van der Waals surface area (Å²) >= 11 is 1.65. The van der Waals surface area contributed by atoms with Crippen molar-refractivity contribution in [1.82, 2.24) is 4.98 Å². The van der Waals surface area contributed by atoms with Crippen LogP contribution in [0.25, 0.3) is 10.4 Å². The molecule has 116 valence electrons. The van der Waals surface area contributed by atoms with Gasteiger partial charge in [-0.15, -0.1) is 23.7 Å². The predicted molar refractivity (Wildman–Crippen MR) is 93.0 cm³/mol. The summed E-state index contributed by atoms with van der Waals surface area (Å²) in [6, 6.07) is 6.20. The number of thiazole rings is 1. The molecule has 2 N–H and O–H groups in total. The van der Waals surface area contributed by atoms with Crippen LogP contribution in [-0.4, -0.2) is 11.6 Å². The van der Waals surface area contributed by atoms with Gasteiger partial charge in [0.15, 0.2) is 0 Å². The monoisotopic (exact) mass is 314 g/mol. The maximum atomic E-state index is 5.94. The first-order chi connectivity index (χ1) is 10.8. The quantitative estimate of drug-likeness (QED) is 0.588. The molecule has 1 aromatic heterocycles. The summed E-state index contributed by atoms with van der Waals surface area (Å²) in [5, 5.41) is 0. The third-order valence-electron chi connectivity index (χ3n) is 3.52. The number of unbranched alkanes of at least 4 members (excludes halogenated alkanes) is 3. The van der Waals surface area contributed by atoms with E-state index in [9.17, 15) is 0 Å². The van der Waals surface area contributed by atoms with E-state index in [-0.39, 0.29) is 0 Å². The highest BCUT2D eigenvalue weighted by molar-refractivity contribution is 7.13. The van der Waals surface area contributed by atoms with E-state index in [2.05, 4.69) is 23.0 Å². The number of nitrogens with two attached hydrogens (primary N) is 1. The van der Waals surface area contributed by atoms with Gasteiger partial charge in [-0.25, -0.2) is 4.98 Å². The molecule has 2 rings (SSSR count). The molecule has 0 unspecified atom stereocenters. The molecule has 4 heteroatoms. The zero-order valence-corrected chi connectivity index (χ0v) is 13.8. The Kier molecular flexibility index (Phi) is 6.45. The summed E-state index contributed by atoms with van der Waals surface area (Å²) in [6.45, 7) is 3.20. The molecule has 3 nitrogen and oxygen atoms in total. The molecule has 0 spiro atoms. The Balaban J connectivity index is 2.03. The van der Waals surface area contributed by atoms with Gasteiger partial charge in [0, 0.05) is 18.5 Å². The van der Waals surface area contributed by atoms with Crippen LogP contribution in [0.1, 0.15) is 36.9 Å². The highest BCUT2D eigenvalue weighted by atomic mass is 32.1. The number of ether oxygens (including phenoxy) is 1. The Morgan fingerprint density at radius 2 is 2.18 bits per heavy atom. The Morgan fingerprint density at radius 3 is 2.86 bits per heavy atom. The molecule has 2 aromatic rings. The van der Waals surface area contributed by atoms with Gasteiger partial charge >= 0.3 is 0 Å². The molecule has 0 aliphatic carbocycles. The van der Waals surface area contributed by atoms with E-state index < -0.39 is 0 Å². The van der Waals surface area contributed by atoms with E-state index in [1.165, 1.54) is 4.88 Å². The van der Waals surface area contributed by atoms with Crippen LogP contribution in [-0.2, 0) is 6.54 Å². The lowest BCUT2D eigenvalue weighted by Crippen LogP contribution is -2.04. The first-order valence-corrected chi connectivity index (χ1v) is 8.44. The molecule has 0 aliphatic rings. The molecule has 0 aliphatic heterocycles. The second-order valence-corrected chi connectivity index (χ2v) is 6.01. The summed E-state index contributed by atoms with van der Waals surface area (Å²) in [6.07, 6.45) is 9.25. The van der Waals surface area contributed by atoms with Gasteiger partial charge in [0.25, 0.3) is 0 Å². The number of benzene rings is 1. The van der Waals surface area contributed by atoms with Crippen LogP contribution in [0.5, 0.6) is 5.75 Å². The van der Waals surface area contributed by atoms with Crippen molar-refractivity contribution in [3.63, 3.8) is 0 Å². The van der Waals surface area contributed by atoms with Gasteiger partial charge < -0.3 is 10.5 Å². The highest BCUT2D eigenvalue weighted by Crippen LogP contribution is 2.31. The topological polar surface area (TPSA) is 48.1 Å². The average molecular weight is 314 g/mol. The summed E-state index contributed by atoms with van der Waals surface area (Å²) in [4.78, 5) is 5.49. The minimum absolute atomic E-state index is 0.481. The van der Waals surface area contributed by atoms with Crippen molar-refractivity contribution in [3.8, 4) is 28.5 Å². The molecule has 1 aromatic carbocycles. The van der Waals surface area contributed by atoms with Crippen molar-refractivity contribution in [3.05, 3.63) is 35.0 Å². The maximum absolute atomic E-state index is 5.94. The third kappa shape index (κ3) is 4.33. The van der Waals surface area contributed by atoms with Crippen molar-refractivity contribution in [2.24, 2.45) is 5.73 Å². The minimum Gasteiger partial charge on any atom is -0.493 e. The predicted octanol–water partition coefficient (Wildman–Crippen LogP) is 4.15. The minimum atomic E-state index is 0.481. The first-order valence-electron chi connectivity index (χ1n) is 7.56. The lowest BCUT2D eigenvalue weighted by Gasteiger charge is -2.12. The van der Waals surface area contributed by atoms with Gasteiger partial charge in [-0.05, 0) is 37.8 Å². The molecule has 0 saturated heterocycles. The highest BCUT2D eigenvalue weighted by Gasteiger charge is 2.09. The van der Waals surface area contributed by atoms with Gasteiger partial charge in [-0.2, -0.15) is 0 Å². The van der Waals surface area contributed by atoms with Crippen LogP contribution in [0.4, 0.5) is 0 Å². The molecular weight excluding hydrogens is 292 g/mol. The first kappa shape index (κ1) is 16.5. The van der Waals surface area contributed by atoms with E-state index >= 15 is 0 Å². The number of hydrogen-bond acceptors (Lipinski definition) is 4. The second kappa shape index (κ2) is 8.57. The number of nitrogens with zero attached hydrogens (tertiary/aromatic N) is 1. The smallest absolute Gasteiger partial charge is 0.124 e. The molecular formula is C18H22N2OS. The van der Waals surface area contributed by atoms with Crippen molar-refractivity contribution in [2.45, 2.75) is 39.2 Å². The number of rotatable bonds is 8. The number of terminal acetylenes is 1. The SMILES string of the molecule is C#CCCCCCOc1cc(-c2scnc2C)ccc1CN. The number of hydrogen-bond donors (Lipinski definition) is 1. The fourth-order valence-corrected chi connectivity index (χ4v) is 3.07. The van der Waals surface area contributed by atoms with Crippen LogP contribution in [0.2, 0.25) is 0 Å². The molecule has 0 atom stereocenters. The lowest BCUT2D eigenvalue weighted by atomic mass is 10.1. The Morgan fingerprint density at radius 1 is 1.32 bits per heavy atom. The molecule has 1 heterocycles. The molecule has 0 bridgehead atoms. The van der Waals surface area contributed by atoms with Crippen molar-refractivity contribution < 1.29 is 4.74 Å². The van der Waals surface area contributed by atoms with Gasteiger partial charge in [-0.3, -0.25) is 0 Å². The van der Waals surface area contributed by atoms with Gasteiger partial charge in [0.05, 0.1) is 22.7 Å². The summed E-state index contributed by atoms with van der Waals surface area (Å²) in [7, 11) is 0. The van der Waals surface area contributed by atoms with E-state index in [1.54, 1.807) is 11.3 Å². The standard InChI is InChI=1S/C18H22N2OS/c1-3-4-5-6-7-10-21-17-11-15(8-9-16(17)12-19)18-14(2)20-13-22-18/h1,8-9,11,13H,4-7,10,12,19H2,2H3. The van der Waals surface area contributed by atoms with Crippen LogP contribution >= 0.6 is 11.3 Å². The molecule has 0 amide bonds. The van der Waals surface area contributed by atoms with Crippen molar-refractivity contribution in [1.29, 1.82) is 0 Å². The molecule has 0 radical (unpaired) electrons. The Labute approximate surface area is 136 Å². The summed E-state index contributed by atoms with van der Waals surface area (Å²) in [5.74, 6) is 3.54. The molecule has 22 heavy (non-hydrogen) atoms. The number of aromatic nitrogens is 1. The Hall–Kier alpha value is -1.83. The van der Waals surface area contributed by atoms with Gasteiger partial charge in [0.1, 0.15) is 5.75 Å². The average Bonchev–Trinajstić information content (AvgIpc) is 2.96. The van der Waals surface area contributed by atoms with E-state index in [0.29, 0.717) is 13.2 Å². The Bertz CT molecular complexity index is 643. The largest absolute Gasteiger partial charge is 0.493 e. The fourth-order valence-electron chi connectivity index (χ4n) is 2.27. The zero-order chi connectivity index (χ0) is 15.8. The molecule has 0 fully saturated rings. The molecule has 0 saturated carbocycles.